The number of carbonyl (C=O) groups excluding carboxylic acids is 1. The van der Waals surface area contributed by atoms with Crippen LogP contribution in [0.2, 0.25) is 0 Å². The summed E-state index contributed by atoms with van der Waals surface area (Å²) in [6.45, 7) is 4.20. The van der Waals surface area contributed by atoms with Crippen LogP contribution in [0.4, 0.5) is 4.79 Å². The van der Waals surface area contributed by atoms with Crippen LogP contribution in [0.1, 0.15) is 31.2 Å². The second kappa shape index (κ2) is 8.49. The van der Waals surface area contributed by atoms with E-state index in [0.29, 0.717) is 18.7 Å². The summed E-state index contributed by atoms with van der Waals surface area (Å²) in [5, 5.41) is 3.43. The Morgan fingerprint density at radius 1 is 1.12 bits per heavy atom. The predicted molar refractivity (Wildman–Crippen MR) is 94.9 cm³/mol. The molecule has 2 heterocycles. The summed E-state index contributed by atoms with van der Waals surface area (Å²) in [6.07, 6.45) is 4.37. The first kappa shape index (κ1) is 17.2. The molecule has 0 bridgehead atoms. The highest BCUT2D eigenvalue weighted by Crippen LogP contribution is 2.21. The molecule has 2 fully saturated rings. The van der Waals surface area contributed by atoms with E-state index >= 15 is 0 Å². The van der Waals surface area contributed by atoms with Crippen LogP contribution in [0.5, 0.6) is 0 Å². The molecule has 5 nitrogen and oxygen atoms in total. The average molecular weight is 331 g/mol. The first-order valence-electron chi connectivity index (χ1n) is 9.12. The molecule has 5 heteroatoms. The predicted octanol–water partition coefficient (Wildman–Crippen LogP) is 2.47. The number of nitrogens with one attached hydrogen (secondary N) is 1. The summed E-state index contributed by atoms with van der Waals surface area (Å²) in [5.74, 6) is 0. The van der Waals surface area contributed by atoms with E-state index in [1.807, 2.05) is 35.2 Å². The molecule has 24 heavy (non-hydrogen) atoms. The minimum atomic E-state index is -0.179. The van der Waals surface area contributed by atoms with Crippen LogP contribution in [0.25, 0.3) is 0 Å². The van der Waals surface area contributed by atoms with Crippen molar-refractivity contribution in [3.63, 3.8) is 0 Å². The maximum atomic E-state index is 12.2. The van der Waals surface area contributed by atoms with Gasteiger partial charge in [0.2, 0.25) is 0 Å². The van der Waals surface area contributed by atoms with Gasteiger partial charge in [-0.25, -0.2) is 4.79 Å². The van der Waals surface area contributed by atoms with E-state index in [1.165, 1.54) is 12.8 Å². The van der Waals surface area contributed by atoms with E-state index in [0.717, 1.165) is 44.6 Å². The van der Waals surface area contributed by atoms with Crippen molar-refractivity contribution in [2.45, 2.75) is 44.4 Å². The third kappa shape index (κ3) is 4.48. The second-order valence-electron chi connectivity index (χ2n) is 6.91. The number of benzene rings is 1. The van der Waals surface area contributed by atoms with Crippen molar-refractivity contribution in [3.05, 3.63) is 35.9 Å². The molecule has 0 atom stereocenters. The standard InChI is InChI=1S/C19H29N3O2/c1-21(17-7-11-20-12-8-17)18-9-13-22(14-10-18)19(23)24-15-16-5-3-2-4-6-16/h2-6,17-18,20H,7-15H2,1H3. The average Bonchev–Trinajstić information content (AvgIpc) is 2.67. The van der Waals surface area contributed by atoms with Gasteiger partial charge in [0.05, 0.1) is 0 Å². The molecule has 0 aliphatic carbocycles. The third-order valence-corrected chi connectivity index (χ3v) is 5.39. The molecule has 2 aliphatic heterocycles. The lowest BCUT2D eigenvalue weighted by Gasteiger charge is -2.41. The highest BCUT2D eigenvalue weighted by molar-refractivity contribution is 5.67. The number of rotatable bonds is 4. The number of piperidine rings is 2. The van der Waals surface area contributed by atoms with Crippen LogP contribution in [-0.4, -0.2) is 61.2 Å². The van der Waals surface area contributed by atoms with E-state index in [1.54, 1.807) is 0 Å². The molecule has 1 aromatic carbocycles. The van der Waals surface area contributed by atoms with Crippen molar-refractivity contribution >= 4 is 6.09 Å². The van der Waals surface area contributed by atoms with Crippen molar-refractivity contribution in [1.82, 2.24) is 15.1 Å². The summed E-state index contributed by atoms with van der Waals surface area (Å²) in [4.78, 5) is 16.6. The number of hydrogen-bond donors (Lipinski definition) is 1. The van der Waals surface area contributed by atoms with Crippen molar-refractivity contribution in [2.24, 2.45) is 0 Å². The first-order chi connectivity index (χ1) is 11.7. The highest BCUT2D eigenvalue weighted by Gasteiger charge is 2.29. The fourth-order valence-corrected chi connectivity index (χ4v) is 3.78. The first-order valence-corrected chi connectivity index (χ1v) is 9.12. The molecule has 0 radical (unpaired) electrons. The molecule has 0 saturated carbocycles. The number of nitrogens with zero attached hydrogens (tertiary/aromatic N) is 2. The van der Waals surface area contributed by atoms with Crippen LogP contribution < -0.4 is 5.32 Å². The maximum absolute atomic E-state index is 12.2. The molecule has 1 amide bonds. The van der Waals surface area contributed by atoms with E-state index in [-0.39, 0.29) is 6.09 Å². The Labute approximate surface area is 145 Å². The third-order valence-electron chi connectivity index (χ3n) is 5.39. The fraction of sp³-hybridized carbons (Fsp3) is 0.632. The monoisotopic (exact) mass is 331 g/mol. The van der Waals surface area contributed by atoms with E-state index in [4.69, 9.17) is 4.74 Å². The molecule has 0 spiro atoms. The summed E-state index contributed by atoms with van der Waals surface area (Å²) < 4.78 is 5.44. The molecular formula is C19H29N3O2. The molecule has 132 valence electrons. The SMILES string of the molecule is CN(C1CCNCC1)C1CCN(C(=O)OCc2ccccc2)CC1. The topological polar surface area (TPSA) is 44.8 Å². The number of likely N-dealkylation sites (tertiary alicyclic amines) is 1. The summed E-state index contributed by atoms with van der Waals surface area (Å²) in [6, 6.07) is 11.1. The largest absolute Gasteiger partial charge is 0.445 e. The molecule has 1 N–H and O–H groups in total. The zero-order valence-corrected chi connectivity index (χ0v) is 14.6. The Morgan fingerprint density at radius 2 is 1.75 bits per heavy atom. The van der Waals surface area contributed by atoms with Gasteiger partial charge in [-0.3, -0.25) is 0 Å². The van der Waals surface area contributed by atoms with Gasteiger partial charge in [0.1, 0.15) is 6.61 Å². The van der Waals surface area contributed by atoms with Crippen LogP contribution in [0.3, 0.4) is 0 Å². The number of ether oxygens (including phenoxy) is 1. The van der Waals surface area contributed by atoms with E-state index in [2.05, 4.69) is 17.3 Å². The number of amides is 1. The normalized spacial score (nSPS) is 20.3. The molecule has 1 aromatic rings. The summed E-state index contributed by atoms with van der Waals surface area (Å²) >= 11 is 0. The lowest BCUT2D eigenvalue weighted by atomic mass is 9.98. The van der Waals surface area contributed by atoms with Crippen molar-refractivity contribution in [1.29, 1.82) is 0 Å². The molecule has 2 aliphatic rings. The van der Waals surface area contributed by atoms with Crippen molar-refractivity contribution in [2.75, 3.05) is 33.2 Å². The van der Waals surface area contributed by atoms with Gasteiger partial charge in [-0.1, -0.05) is 30.3 Å². The Bertz CT molecular complexity index is 509. The van der Waals surface area contributed by atoms with Gasteiger partial charge in [0.25, 0.3) is 0 Å². The Hall–Kier alpha value is -1.59. The van der Waals surface area contributed by atoms with Crippen LogP contribution in [0, 0.1) is 0 Å². The van der Waals surface area contributed by atoms with Crippen molar-refractivity contribution in [3.8, 4) is 0 Å². The molecular weight excluding hydrogens is 302 g/mol. The Morgan fingerprint density at radius 3 is 2.42 bits per heavy atom. The van der Waals surface area contributed by atoms with E-state index < -0.39 is 0 Å². The van der Waals surface area contributed by atoms with Gasteiger partial charge >= 0.3 is 6.09 Å². The molecule has 0 aromatic heterocycles. The van der Waals surface area contributed by atoms with Gasteiger partial charge in [0, 0.05) is 25.2 Å². The summed E-state index contributed by atoms with van der Waals surface area (Å²) in [5.41, 5.74) is 1.03. The minimum absolute atomic E-state index is 0.179. The zero-order valence-electron chi connectivity index (χ0n) is 14.6. The number of hydrogen-bond acceptors (Lipinski definition) is 4. The van der Waals surface area contributed by atoms with Gasteiger partial charge < -0.3 is 19.9 Å². The molecule has 2 saturated heterocycles. The smallest absolute Gasteiger partial charge is 0.410 e. The lowest BCUT2D eigenvalue weighted by Crippen LogP contribution is -2.50. The quantitative estimate of drug-likeness (QED) is 0.921. The molecule has 0 unspecified atom stereocenters. The van der Waals surface area contributed by atoms with Crippen LogP contribution in [0.15, 0.2) is 30.3 Å². The van der Waals surface area contributed by atoms with Gasteiger partial charge in [0.15, 0.2) is 0 Å². The zero-order chi connectivity index (χ0) is 16.8. The molecule has 3 rings (SSSR count). The minimum Gasteiger partial charge on any atom is -0.445 e. The van der Waals surface area contributed by atoms with Crippen LogP contribution >= 0.6 is 0 Å². The van der Waals surface area contributed by atoms with Gasteiger partial charge in [-0.2, -0.15) is 0 Å². The number of carbonyl (C=O) groups is 1. The second-order valence-corrected chi connectivity index (χ2v) is 6.91. The highest BCUT2D eigenvalue weighted by atomic mass is 16.6. The summed E-state index contributed by atoms with van der Waals surface area (Å²) in [7, 11) is 2.25. The fourth-order valence-electron chi connectivity index (χ4n) is 3.78. The maximum Gasteiger partial charge on any atom is 0.410 e. The van der Waals surface area contributed by atoms with Crippen LogP contribution in [-0.2, 0) is 11.3 Å². The van der Waals surface area contributed by atoms with Gasteiger partial charge in [-0.15, -0.1) is 0 Å². The lowest BCUT2D eigenvalue weighted by molar-refractivity contribution is 0.0590. The van der Waals surface area contributed by atoms with Crippen molar-refractivity contribution < 1.29 is 9.53 Å². The Kier molecular flexibility index (Phi) is 6.10. The van der Waals surface area contributed by atoms with Gasteiger partial charge in [-0.05, 0) is 51.4 Å². The Balaban J connectivity index is 1.41. The van der Waals surface area contributed by atoms with E-state index in [9.17, 15) is 4.79 Å².